The van der Waals surface area contributed by atoms with Gasteiger partial charge in [-0.2, -0.15) is 0 Å². The first-order valence-corrected chi connectivity index (χ1v) is 8.88. The van der Waals surface area contributed by atoms with Crippen LogP contribution in [0.25, 0.3) is 0 Å². The number of rotatable bonds is 5. The average Bonchev–Trinajstić information content (AvgIpc) is 2.55. The van der Waals surface area contributed by atoms with Gasteiger partial charge >= 0.3 is 5.97 Å². The van der Waals surface area contributed by atoms with Gasteiger partial charge in [-0.3, -0.25) is 4.79 Å². The summed E-state index contributed by atoms with van der Waals surface area (Å²) in [6, 6.07) is 6.73. The van der Waals surface area contributed by atoms with Crippen molar-refractivity contribution in [1.82, 2.24) is 4.98 Å². The number of carbonyl (C=O) groups excluding carboxylic acids is 2. The van der Waals surface area contributed by atoms with Crippen LogP contribution in [0.3, 0.4) is 0 Å². The number of amides is 1. The van der Waals surface area contributed by atoms with Crippen LogP contribution in [0.5, 0.6) is 0 Å². The molecule has 2 rings (SSSR count). The average molecular weight is 404 g/mol. The van der Waals surface area contributed by atoms with Crippen LogP contribution >= 0.6 is 23.2 Å². The third kappa shape index (κ3) is 5.13. The van der Waals surface area contributed by atoms with E-state index in [1.807, 2.05) is 0 Å². The Bertz CT molecular complexity index is 896. The monoisotopic (exact) mass is 403 g/mol. The first-order valence-electron chi connectivity index (χ1n) is 6.58. The number of anilines is 1. The van der Waals surface area contributed by atoms with Crippen LogP contribution in [0.2, 0.25) is 10.0 Å². The number of aromatic nitrogens is 1. The molecule has 0 bridgehead atoms. The van der Waals surface area contributed by atoms with Crippen molar-refractivity contribution >= 4 is 50.8 Å². The quantitative estimate of drug-likeness (QED) is 0.732. The molecule has 0 unspecified atom stereocenters. The maximum atomic E-state index is 11.9. The predicted molar refractivity (Wildman–Crippen MR) is 91.0 cm³/mol. The van der Waals surface area contributed by atoms with Crippen LogP contribution in [0, 0.1) is 0 Å². The number of esters is 1. The lowest BCUT2D eigenvalue weighted by molar-refractivity contribution is -0.119. The summed E-state index contributed by atoms with van der Waals surface area (Å²) < 4.78 is 27.4. The van der Waals surface area contributed by atoms with Gasteiger partial charge in [-0.25, -0.2) is 23.3 Å². The summed E-state index contributed by atoms with van der Waals surface area (Å²) in [5.41, 5.74) is 0.0125. The summed E-state index contributed by atoms with van der Waals surface area (Å²) in [6.45, 7) is -0.612. The summed E-state index contributed by atoms with van der Waals surface area (Å²) in [5, 5.41) is 7.04. The van der Waals surface area contributed by atoms with E-state index in [-0.39, 0.29) is 26.3 Å². The van der Waals surface area contributed by atoms with E-state index in [0.717, 1.165) is 12.1 Å². The number of hydrogen-bond donors (Lipinski definition) is 2. The van der Waals surface area contributed by atoms with E-state index in [0.29, 0.717) is 0 Å². The highest BCUT2D eigenvalue weighted by molar-refractivity contribution is 7.89. The van der Waals surface area contributed by atoms with E-state index in [2.05, 4.69) is 10.3 Å². The molecule has 0 spiro atoms. The zero-order valence-corrected chi connectivity index (χ0v) is 14.7. The van der Waals surface area contributed by atoms with Crippen LogP contribution < -0.4 is 10.5 Å². The molecule has 11 heteroatoms. The highest BCUT2D eigenvalue weighted by atomic mass is 35.5. The van der Waals surface area contributed by atoms with Gasteiger partial charge in [-0.05, 0) is 24.3 Å². The van der Waals surface area contributed by atoms with Gasteiger partial charge < -0.3 is 10.1 Å². The second kappa shape index (κ2) is 7.79. The largest absolute Gasteiger partial charge is 0.451 e. The summed E-state index contributed by atoms with van der Waals surface area (Å²) in [4.78, 5) is 27.0. The molecule has 0 aliphatic rings. The number of primary sulfonamides is 1. The minimum absolute atomic E-state index is 0.0328. The molecule has 1 amide bonds. The maximum Gasteiger partial charge on any atom is 0.357 e. The zero-order valence-electron chi connectivity index (χ0n) is 12.4. The van der Waals surface area contributed by atoms with Crippen LogP contribution in [0.15, 0.2) is 41.4 Å². The molecule has 1 heterocycles. The minimum atomic E-state index is -4.00. The first kappa shape index (κ1) is 19.1. The molecule has 0 saturated carbocycles. The van der Waals surface area contributed by atoms with E-state index < -0.39 is 28.5 Å². The van der Waals surface area contributed by atoms with Crippen molar-refractivity contribution in [3.05, 3.63) is 52.3 Å². The molecule has 1 aromatic carbocycles. The molecule has 2 aromatic rings. The van der Waals surface area contributed by atoms with Gasteiger partial charge in [-0.1, -0.05) is 29.3 Å². The van der Waals surface area contributed by atoms with Crippen LogP contribution in [-0.4, -0.2) is 31.9 Å². The van der Waals surface area contributed by atoms with Crippen molar-refractivity contribution in [1.29, 1.82) is 0 Å². The maximum absolute atomic E-state index is 11.9. The van der Waals surface area contributed by atoms with Gasteiger partial charge in [0.05, 0.1) is 20.6 Å². The van der Waals surface area contributed by atoms with Gasteiger partial charge in [0.1, 0.15) is 5.69 Å². The fourth-order valence-electron chi connectivity index (χ4n) is 1.70. The molecule has 3 N–H and O–H groups in total. The predicted octanol–water partition coefficient (Wildman–Crippen LogP) is 1.83. The van der Waals surface area contributed by atoms with Crippen LogP contribution in [-0.2, 0) is 19.6 Å². The fourth-order valence-corrected chi connectivity index (χ4v) is 2.97. The van der Waals surface area contributed by atoms with E-state index >= 15 is 0 Å². The number of hydrogen-bond acceptors (Lipinski definition) is 6. The van der Waals surface area contributed by atoms with E-state index in [1.165, 1.54) is 12.3 Å². The molecule has 132 valence electrons. The van der Waals surface area contributed by atoms with Crippen molar-refractivity contribution in [3.63, 3.8) is 0 Å². The Morgan fingerprint density at radius 1 is 1.20 bits per heavy atom. The molecular formula is C14H11Cl2N3O5S. The number of ether oxygens (including phenoxy) is 1. The smallest absolute Gasteiger partial charge is 0.357 e. The normalized spacial score (nSPS) is 11.0. The second-order valence-corrected chi connectivity index (χ2v) is 7.02. The van der Waals surface area contributed by atoms with E-state index in [4.69, 9.17) is 33.1 Å². The molecule has 0 atom stereocenters. The van der Waals surface area contributed by atoms with Crippen LogP contribution in [0.4, 0.5) is 5.69 Å². The molecule has 25 heavy (non-hydrogen) atoms. The number of carbonyl (C=O) groups is 2. The summed E-state index contributed by atoms with van der Waals surface area (Å²) in [5.74, 6) is -1.51. The Kier molecular flexibility index (Phi) is 5.96. The lowest BCUT2D eigenvalue weighted by atomic mass is 10.3. The minimum Gasteiger partial charge on any atom is -0.451 e. The molecule has 0 radical (unpaired) electrons. The van der Waals surface area contributed by atoms with E-state index in [9.17, 15) is 18.0 Å². The highest BCUT2D eigenvalue weighted by Crippen LogP contribution is 2.33. The number of pyridine rings is 1. The molecule has 0 aliphatic heterocycles. The summed E-state index contributed by atoms with van der Waals surface area (Å²) in [7, 11) is -4.00. The Balaban J connectivity index is 2.05. The lowest BCUT2D eigenvalue weighted by Gasteiger charge is -2.11. The zero-order chi connectivity index (χ0) is 18.6. The van der Waals surface area contributed by atoms with Crippen molar-refractivity contribution in [2.45, 2.75) is 4.90 Å². The van der Waals surface area contributed by atoms with Crippen molar-refractivity contribution in [2.24, 2.45) is 5.14 Å². The van der Waals surface area contributed by atoms with Gasteiger partial charge in [0.15, 0.2) is 6.61 Å². The molecule has 0 fully saturated rings. The van der Waals surface area contributed by atoms with Crippen molar-refractivity contribution in [2.75, 3.05) is 11.9 Å². The Hall–Kier alpha value is -2.20. The molecule has 0 saturated heterocycles. The highest BCUT2D eigenvalue weighted by Gasteiger charge is 2.17. The third-order valence-corrected chi connectivity index (χ3v) is 4.31. The Morgan fingerprint density at radius 2 is 1.84 bits per heavy atom. The SMILES string of the molecule is NS(=O)(=O)c1cc(Cl)c(NC(=O)COC(=O)c2ccccn2)c(Cl)c1. The Morgan fingerprint density at radius 3 is 2.36 bits per heavy atom. The van der Waals surface area contributed by atoms with Gasteiger partial charge in [-0.15, -0.1) is 0 Å². The topological polar surface area (TPSA) is 128 Å². The van der Waals surface area contributed by atoms with Crippen LogP contribution in [0.1, 0.15) is 10.5 Å². The van der Waals surface area contributed by atoms with E-state index in [1.54, 1.807) is 12.1 Å². The van der Waals surface area contributed by atoms with Crippen molar-refractivity contribution < 1.29 is 22.7 Å². The lowest BCUT2D eigenvalue weighted by Crippen LogP contribution is -2.22. The fraction of sp³-hybridized carbons (Fsp3) is 0.0714. The second-order valence-electron chi connectivity index (χ2n) is 4.65. The summed E-state index contributed by atoms with van der Waals surface area (Å²) in [6.07, 6.45) is 1.41. The summed E-state index contributed by atoms with van der Waals surface area (Å²) >= 11 is 11.8. The Labute approximate surface area is 152 Å². The molecule has 8 nitrogen and oxygen atoms in total. The molecule has 0 aliphatic carbocycles. The number of sulfonamides is 1. The van der Waals surface area contributed by atoms with Gasteiger partial charge in [0, 0.05) is 6.20 Å². The molecular weight excluding hydrogens is 393 g/mol. The number of nitrogens with zero attached hydrogens (tertiary/aromatic N) is 1. The van der Waals surface area contributed by atoms with Crippen molar-refractivity contribution in [3.8, 4) is 0 Å². The number of benzene rings is 1. The third-order valence-electron chi connectivity index (χ3n) is 2.82. The number of halogens is 2. The van der Waals surface area contributed by atoms with Gasteiger partial charge in [0.2, 0.25) is 10.0 Å². The molecule has 1 aromatic heterocycles. The number of nitrogens with two attached hydrogens (primary N) is 1. The first-order chi connectivity index (χ1) is 11.7. The van der Waals surface area contributed by atoms with Gasteiger partial charge in [0.25, 0.3) is 5.91 Å². The standard InChI is InChI=1S/C14H11Cl2N3O5S/c15-9-5-8(25(17,22)23)6-10(16)13(9)19-12(20)7-24-14(21)11-3-1-2-4-18-11/h1-6H,7H2,(H,19,20)(H2,17,22,23). The number of nitrogens with one attached hydrogen (secondary N) is 1.